The van der Waals surface area contributed by atoms with Gasteiger partial charge in [0.1, 0.15) is 23.3 Å². The average Bonchev–Trinajstić information content (AvgIpc) is 2.69. The number of pyridine rings is 1. The summed E-state index contributed by atoms with van der Waals surface area (Å²) in [6.45, 7) is 2.02. The highest BCUT2D eigenvalue weighted by Gasteiger charge is 2.33. The molecular formula is C18H18F3N2O8P. The molecule has 32 heavy (non-hydrogen) atoms. The number of halogens is 3. The van der Waals surface area contributed by atoms with Crippen molar-refractivity contribution in [3.8, 4) is 17.2 Å². The Bertz CT molecular complexity index is 1030. The van der Waals surface area contributed by atoms with E-state index in [0.29, 0.717) is 6.29 Å². The van der Waals surface area contributed by atoms with E-state index in [4.69, 9.17) is 14.2 Å². The Kier molecular flexibility index (Phi) is 7.83. The van der Waals surface area contributed by atoms with Crippen LogP contribution in [0.15, 0.2) is 30.5 Å². The molecular weight excluding hydrogens is 460 g/mol. The molecule has 0 fully saturated rings. The van der Waals surface area contributed by atoms with Gasteiger partial charge in [-0.05, 0) is 38.1 Å². The quantitative estimate of drug-likeness (QED) is 0.342. The predicted octanol–water partition coefficient (Wildman–Crippen LogP) is 3.57. The van der Waals surface area contributed by atoms with Gasteiger partial charge in [-0.15, -0.1) is 13.2 Å². The van der Waals surface area contributed by atoms with Crippen LogP contribution >= 0.6 is 7.75 Å². The first kappa shape index (κ1) is 25.1. The lowest BCUT2D eigenvalue weighted by atomic mass is 10.1. The van der Waals surface area contributed by atoms with E-state index in [9.17, 15) is 32.4 Å². The van der Waals surface area contributed by atoms with E-state index in [-0.39, 0.29) is 22.6 Å². The Labute approximate surface area is 179 Å². The number of benzene rings is 1. The zero-order valence-corrected chi connectivity index (χ0v) is 17.5. The summed E-state index contributed by atoms with van der Waals surface area (Å²) in [6.07, 6.45) is -3.39. The lowest BCUT2D eigenvalue weighted by Gasteiger charge is -2.22. The molecule has 10 nitrogen and oxygen atoms in total. The Morgan fingerprint density at radius 1 is 1.28 bits per heavy atom. The van der Waals surface area contributed by atoms with Gasteiger partial charge in [-0.1, -0.05) is 0 Å². The molecule has 0 spiro atoms. The maximum absolute atomic E-state index is 13.1. The zero-order valence-electron chi connectivity index (χ0n) is 16.6. The number of hydrogen-bond acceptors (Lipinski definition) is 8. The second-order valence-corrected chi connectivity index (χ2v) is 8.01. The first-order valence-electron chi connectivity index (χ1n) is 8.77. The van der Waals surface area contributed by atoms with E-state index < -0.39 is 44.2 Å². The number of ether oxygens (including phenoxy) is 1. The summed E-state index contributed by atoms with van der Waals surface area (Å²) in [6, 6.07) is 2.37. The number of hydrogen-bond donors (Lipinski definition) is 3. The summed E-state index contributed by atoms with van der Waals surface area (Å²) in [5, 5.41) is 21.2. The highest BCUT2D eigenvalue weighted by atomic mass is 31.2. The Morgan fingerprint density at radius 2 is 1.88 bits per heavy atom. The van der Waals surface area contributed by atoms with Gasteiger partial charge in [0.05, 0.1) is 17.9 Å². The molecule has 174 valence electrons. The third-order valence-corrected chi connectivity index (χ3v) is 5.49. The molecule has 3 N–H and O–H groups in total. The van der Waals surface area contributed by atoms with Gasteiger partial charge in [-0.3, -0.25) is 19.1 Å². The van der Waals surface area contributed by atoms with Crippen LogP contribution < -0.4 is 14.3 Å². The van der Waals surface area contributed by atoms with Crippen molar-refractivity contribution in [2.45, 2.75) is 32.9 Å². The fraction of sp³-hybridized carbons (Fsp3) is 0.278. The predicted molar refractivity (Wildman–Crippen MR) is 102 cm³/mol. The second kappa shape index (κ2) is 9.98. The van der Waals surface area contributed by atoms with Gasteiger partial charge in [-0.2, -0.15) is 5.09 Å². The number of nitrogens with one attached hydrogen (secondary N) is 1. The number of nitrogens with zero attached hydrogens (tertiary/aromatic N) is 1. The molecule has 1 heterocycles. The number of aryl methyl sites for hydroxylation is 1. The van der Waals surface area contributed by atoms with Crippen molar-refractivity contribution in [1.82, 2.24) is 10.1 Å². The normalized spacial score (nSPS) is 14.3. The van der Waals surface area contributed by atoms with Gasteiger partial charge in [0, 0.05) is 11.8 Å². The van der Waals surface area contributed by atoms with E-state index in [0.717, 1.165) is 31.2 Å². The molecule has 2 rings (SSSR count). The molecule has 0 aliphatic rings. The lowest BCUT2D eigenvalue weighted by molar-refractivity contribution is -0.274. The number of aldehydes is 1. The average molecular weight is 478 g/mol. The first-order chi connectivity index (χ1) is 14.8. The van der Waals surface area contributed by atoms with Gasteiger partial charge in [0.25, 0.3) is 0 Å². The first-order valence-corrected chi connectivity index (χ1v) is 10.3. The molecule has 2 atom stereocenters. The summed E-state index contributed by atoms with van der Waals surface area (Å²) < 4.78 is 64.1. The summed E-state index contributed by atoms with van der Waals surface area (Å²) >= 11 is 0. The Balaban J connectivity index is 2.26. The van der Waals surface area contributed by atoms with Crippen molar-refractivity contribution < 1.29 is 51.3 Å². The molecule has 14 heteroatoms. The van der Waals surface area contributed by atoms with Crippen LogP contribution in [0.2, 0.25) is 0 Å². The van der Waals surface area contributed by atoms with E-state index in [2.05, 4.69) is 14.8 Å². The van der Waals surface area contributed by atoms with E-state index in [1.165, 1.54) is 13.1 Å². The molecule has 0 aliphatic heterocycles. The molecule has 0 bridgehead atoms. The van der Waals surface area contributed by atoms with Crippen LogP contribution in [0.25, 0.3) is 0 Å². The molecule has 0 saturated heterocycles. The van der Waals surface area contributed by atoms with Crippen LogP contribution in [-0.2, 0) is 20.5 Å². The molecule has 0 amide bonds. The van der Waals surface area contributed by atoms with E-state index in [1.54, 1.807) is 0 Å². The SMILES string of the molecule is Cc1ncc(COP(=O)(NC(C)C(=O)O)Oc2ccc(OC(F)(F)F)cc2)c(C=O)c1O. The molecule has 1 aromatic carbocycles. The Hall–Kier alpha value is -3.15. The van der Waals surface area contributed by atoms with Crippen molar-refractivity contribution in [2.75, 3.05) is 0 Å². The van der Waals surface area contributed by atoms with Gasteiger partial charge in [-0.25, -0.2) is 4.57 Å². The lowest BCUT2D eigenvalue weighted by Crippen LogP contribution is -2.33. The maximum Gasteiger partial charge on any atom is 0.573 e. The number of aromatic nitrogens is 1. The van der Waals surface area contributed by atoms with Crippen molar-refractivity contribution in [3.05, 3.63) is 47.3 Å². The zero-order chi connectivity index (χ0) is 24.1. The molecule has 0 saturated carbocycles. The van der Waals surface area contributed by atoms with E-state index >= 15 is 0 Å². The monoisotopic (exact) mass is 478 g/mol. The minimum Gasteiger partial charge on any atom is -0.505 e. The number of carboxylic acid groups (broad SMARTS) is 1. The molecule has 2 unspecified atom stereocenters. The largest absolute Gasteiger partial charge is 0.573 e. The van der Waals surface area contributed by atoms with Crippen molar-refractivity contribution in [3.63, 3.8) is 0 Å². The molecule has 2 aromatic rings. The van der Waals surface area contributed by atoms with Gasteiger partial charge in [0.2, 0.25) is 0 Å². The van der Waals surface area contributed by atoms with Crippen LogP contribution in [0.3, 0.4) is 0 Å². The minimum absolute atomic E-state index is 0.0330. The second-order valence-electron chi connectivity index (χ2n) is 6.32. The summed E-state index contributed by atoms with van der Waals surface area (Å²) in [5.41, 5.74) is 0.0173. The fourth-order valence-electron chi connectivity index (χ4n) is 2.28. The molecule has 0 aliphatic carbocycles. The number of aliphatic carboxylic acids is 1. The third-order valence-electron chi connectivity index (χ3n) is 3.87. The van der Waals surface area contributed by atoms with Crippen LogP contribution in [0, 0.1) is 6.92 Å². The number of carboxylic acids is 1. The Morgan fingerprint density at radius 3 is 2.41 bits per heavy atom. The van der Waals surface area contributed by atoms with Crippen molar-refractivity contribution in [1.29, 1.82) is 0 Å². The van der Waals surface area contributed by atoms with Crippen LogP contribution in [0.1, 0.15) is 28.5 Å². The third kappa shape index (κ3) is 6.94. The topological polar surface area (TPSA) is 144 Å². The van der Waals surface area contributed by atoms with Crippen LogP contribution in [-0.4, -0.2) is 39.9 Å². The van der Waals surface area contributed by atoms with Gasteiger partial charge in [0.15, 0.2) is 6.29 Å². The summed E-state index contributed by atoms with van der Waals surface area (Å²) in [7, 11) is -4.45. The highest BCUT2D eigenvalue weighted by molar-refractivity contribution is 7.52. The number of alkyl halides is 3. The van der Waals surface area contributed by atoms with E-state index in [1.807, 2.05) is 0 Å². The fourth-order valence-corrected chi connectivity index (χ4v) is 3.75. The summed E-state index contributed by atoms with van der Waals surface area (Å²) in [4.78, 5) is 26.3. The molecule has 0 radical (unpaired) electrons. The van der Waals surface area contributed by atoms with Gasteiger partial charge >= 0.3 is 20.1 Å². The number of rotatable bonds is 10. The number of carbonyl (C=O) groups excluding carboxylic acids is 1. The van der Waals surface area contributed by atoms with Crippen LogP contribution in [0.4, 0.5) is 13.2 Å². The summed E-state index contributed by atoms with van der Waals surface area (Å²) in [5.74, 6) is -2.60. The highest BCUT2D eigenvalue weighted by Crippen LogP contribution is 2.46. The minimum atomic E-state index is -4.91. The maximum atomic E-state index is 13.1. The van der Waals surface area contributed by atoms with Gasteiger partial charge < -0.3 is 19.5 Å². The van der Waals surface area contributed by atoms with Crippen molar-refractivity contribution >= 4 is 20.0 Å². The number of carbonyl (C=O) groups is 2. The number of aromatic hydroxyl groups is 1. The van der Waals surface area contributed by atoms with Crippen LogP contribution in [0.5, 0.6) is 17.2 Å². The molecule has 1 aromatic heterocycles. The standard InChI is InChI=1S/C18H18F3N2O8P/c1-10-16(25)15(8-24)12(7-22-10)9-29-32(28,23-11(2)17(26)27)31-14-5-3-13(4-6-14)30-18(19,20)21/h3-8,11,25H,9H2,1-2H3,(H,23,28)(H,26,27). The van der Waals surface area contributed by atoms with Crippen molar-refractivity contribution in [2.24, 2.45) is 0 Å². The smallest absolute Gasteiger partial charge is 0.505 e.